The highest BCUT2D eigenvalue weighted by Crippen LogP contribution is 2.22. The van der Waals surface area contributed by atoms with E-state index in [0.717, 1.165) is 24.9 Å². The average molecular weight is 301 g/mol. The van der Waals surface area contributed by atoms with Gasteiger partial charge in [-0.25, -0.2) is 0 Å². The van der Waals surface area contributed by atoms with Gasteiger partial charge in [-0.3, -0.25) is 4.99 Å². The van der Waals surface area contributed by atoms with Crippen LogP contribution >= 0.6 is 23.2 Å². The lowest BCUT2D eigenvalue weighted by atomic mass is 10.1. The lowest BCUT2D eigenvalue weighted by Gasteiger charge is -2.07. The van der Waals surface area contributed by atoms with Crippen molar-refractivity contribution in [2.75, 3.05) is 6.54 Å². The number of hydrogen-bond acceptors (Lipinski definition) is 2. The van der Waals surface area contributed by atoms with Crippen LogP contribution in [0.1, 0.15) is 38.2 Å². The highest BCUT2D eigenvalue weighted by molar-refractivity contribution is 6.42. The van der Waals surface area contributed by atoms with Gasteiger partial charge in [-0.15, -0.1) is 0 Å². The van der Waals surface area contributed by atoms with E-state index in [2.05, 4.69) is 11.9 Å². The summed E-state index contributed by atoms with van der Waals surface area (Å²) in [6.07, 6.45) is 7.49. The van der Waals surface area contributed by atoms with E-state index < -0.39 is 0 Å². The molecule has 0 aliphatic heterocycles. The van der Waals surface area contributed by atoms with Gasteiger partial charge < -0.3 is 5.73 Å². The van der Waals surface area contributed by atoms with Gasteiger partial charge in [-0.2, -0.15) is 0 Å². The quantitative estimate of drug-likeness (QED) is 0.556. The molecule has 0 aromatic heterocycles. The molecule has 0 spiro atoms. The average Bonchev–Trinajstić information content (AvgIpc) is 2.38. The molecular weight excluding hydrogens is 279 g/mol. The van der Waals surface area contributed by atoms with E-state index in [9.17, 15) is 0 Å². The molecule has 0 aliphatic rings. The van der Waals surface area contributed by atoms with Gasteiger partial charge in [0.2, 0.25) is 0 Å². The summed E-state index contributed by atoms with van der Waals surface area (Å²) in [5, 5.41) is 1.14. The van der Waals surface area contributed by atoms with Crippen LogP contribution in [0.25, 0.3) is 0 Å². The first-order chi connectivity index (χ1) is 9.13. The Bertz CT molecular complexity index is 405. The topological polar surface area (TPSA) is 38.4 Å². The molecule has 0 fully saturated rings. The number of nitrogens with zero attached hydrogens (tertiary/aromatic N) is 1. The largest absolute Gasteiger partial charge is 0.323 e. The third-order valence-electron chi connectivity index (χ3n) is 2.89. The maximum Gasteiger partial charge on any atom is 0.0595 e. The highest BCUT2D eigenvalue weighted by Gasteiger charge is 2.03. The van der Waals surface area contributed by atoms with Crippen molar-refractivity contribution in [2.24, 2.45) is 10.7 Å². The monoisotopic (exact) mass is 300 g/mol. The Morgan fingerprint density at radius 1 is 1.21 bits per heavy atom. The molecule has 1 aromatic carbocycles. The van der Waals surface area contributed by atoms with E-state index in [1.54, 1.807) is 6.07 Å². The molecule has 2 nitrogen and oxygen atoms in total. The van der Waals surface area contributed by atoms with E-state index >= 15 is 0 Å². The van der Waals surface area contributed by atoms with E-state index in [0.29, 0.717) is 10.0 Å². The maximum atomic E-state index is 6.01. The zero-order valence-electron chi connectivity index (χ0n) is 11.4. The molecular formula is C15H22Cl2N2. The van der Waals surface area contributed by atoms with Crippen molar-refractivity contribution in [2.45, 2.75) is 45.1 Å². The van der Waals surface area contributed by atoms with E-state index in [4.69, 9.17) is 28.9 Å². The van der Waals surface area contributed by atoms with Crippen molar-refractivity contribution in [1.29, 1.82) is 0 Å². The highest BCUT2D eigenvalue weighted by atomic mass is 35.5. The van der Waals surface area contributed by atoms with E-state index in [1.807, 2.05) is 18.3 Å². The summed E-state index contributed by atoms with van der Waals surface area (Å²) in [5.41, 5.74) is 7.09. The summed E-state index contributed by atoms with van der Waals surface area (Å²) in [6.45, 7) is 3.07. The second kappa shape index (κ2) is 9.35. The van der Waals surface area contributed by atoms with Crippen LogP contribution in [-0.2, 0) is 6.42 Å². The fourth-order valence-corrected chi connectivity index (χ4v) is 2.15. The van der Waals surface area contributed by atoms with Crippen molar-refractivity contribution < 1.29 is 0 Å². The van der Waals surface area contributed by atoms with Crippen LogP contribution in [-0.4, -0.2) is 18.8 Å². The molecule has 0 bridgehead atoms. The number of benzene rings is 1. The first-order valence-corrected chi connectivity index (χ1v) is 7.58. The first-order valence-electron chi connectivity index (χ1n) is 6.83. The van der Waals surface area contributed by atoms with Crippen LogP contribution in [0.15, 0.2) is 23.2 Å². The normalized spacial score (nSPS) is 13.1. The van der Waals surface area contributed by atoms with Crippen LogP contribution in [0.2, 0.25) is 10.0 Å². The Morgan fingerprint density at radius 3 is 2.68 bits per heavy atom. The fraction of sp³-hybridized carbons (Fsp3) is 0.533. The number of nitrogens with two attached hydrogens (primary N) is 1. The van der Waals surface area contributed by atoms with Crippen molar-refractivity contribution >= 4 is 29.4 Å². The van der Waals surface area contributed by atoms with Gasteiger partial charge in [-0.1, -0.05) is 55.5 Å². The summed E-state index contributed by atoms with van der Waals surface area (Å²) < 4.78 is 0. The van der Waals surface area contributed by atoms with Crippen LogP contribution in [0.3, 0.4) is 0 Å². The molecule has 0 aliphatic carbocycles. The Kier molecular flexibility index (Phi) is 8.11. The van der Waals surface area contributed by atoms with Crippen molar-refractivity contribution in [1.82, 2.24) is 0 Å². The summed E-state index contributed by atoms with van der Waals surface area (Å²) in [5.74, 6) is 0. The van der Waals surface area contributed by atoms with Gasteiger partial charge >= 0.3 is 0 Å². The minimum Gasteiger partial charge on any atom is -0.323 e. The molecule has 106 valence electrons. The van der Waals surface area contributed by atoms with Crippen LogP contribution in [0.4, 0.5) is 0 Å². The van der Waals surface area contributed by atoms with Gasteiger partial charge in [0.1, 0.15) is 0 Å². The Balaban J connectivity index is 2.31. The van der Waals surface area contributed by atoms with Gasteiger partial charge in [-0.05, 0) is 30.5 Å². The Hall–Kier alpha value is -0.570. The summed E-state index contributed by atoms with van der Waals surface area (Å²) in [6, 6.07) is 5.54. The molecule has 0 saturated carbocycles. The standard InChI is InChI=1S/C15H22Cl2N2/c1-2-3-4-5-8-19-11-13(18)9-12-6-7-14(16)15(17)10-12/h6-7,10-11,13H,2-5,8-9,18H2,1H3. The second-order valence-corrected chi connectivity index (χ2v) is 5.55. The van der Waals surface area contributed by atoms with E-state index in [1.165, 1.54) is 19.3 Å². The summed E-state index contributed by atoms with van der Waals surface area (Å²) >= 11 is 11.8. The number of halogens is 2. The molecule has 1 unspecified atom stereocenters. The van der Waals surface area contributed by atoms with E-state index in [-0.39, 0.29) is 6.04 Å². The predicted molar refractivity (Wildman–Crippen MR) is 85.6 cm³/mol. The molecule has 1 rings (SSSR count). The van der Waals surface area contributed by atoms with Gasteiger partial charge in [0, 0.05) is 18.8 Å². The van der Waals surface area contributed by atoms with Crippen LogP contribution in [0.5, 0.6) is 0 Å². The number of rotatable bonds is 8. The van der Waals surface area contributed by atoms with Crippen molar-refractivity contribution in [3.05, 3.63) is 33.8 Å². The molecule has 1 aromatic rings. The lowest BCUT2D eigenvalue weighted by Crippen LogP contribution is -2.24. The van der Waals surface area contributed by atoms with Crippen molar-refractivity contribution in [3.63, 3.8) is 0 Å². The van der Waals surface area contributed by atoms with Gasteiger partial charge in [0.05, 0.1) is 10.0 Å². The van der Waals surface area contributed by atoms with Crippen molar-refractivity contribution in [3.8, 4) is 0 Å². The predicted octanol–water partition coefficient (Wildman–Crippen LogP) is 4.51. The molecule has 0 radical (unpaired) electrons. The second-order valence-electron chi connectivity index (χ2n) is 4.73. The SMILES string of the molecule is CCCCCCN=CC(N)Cc1ccc(Cl)c(Cl)c1. The molecule has 19 heavy (non-hydrogen) atoms. The molecule has 0 saturated heterocycles. The third-order valence-corrected chi connectivity index (χ3v) is 3.63. The number of hydrogen-bond donors (Lipinski definition) is 1. The van der Waals surface area contributed by atoms with Crippen LogP contribution < -0.4 is 5.73 Å². The van der Waals surface area contributed by atoms with Gasteiger partial charge in [0.15, 0.2) is 0 Å². The minimum atomic E-state index is -0.0663. The lowest BCUT2D eigenvalue weighted by molar-refractivity contribution is 0.674. The van der Waals surface area contributed by atoms with Gasteiger partial charge in [0.25, 0.3) is 0 Å². The smallest absolute Gasteiger partial charge is 0.0595 e. The molecule has 1 atom stereocenters. The van der Waals surface area contributed by atoms with Crippen LogP contribution in [0, 0.1) is 0 Å². The zero-order chi connectivity index (χ0) is 14.1. The molecule has 0 amide bonds. The first kappa shape index (κ1) is 16.5. The zero-order valence-corrected chi connectivity index (χ0v) is 12.9. The molecule has 2 N–H and O–H groups in total. The summed E-state index contributed by atoms with van der Waals surface area (Å²) in [7, 11) is 0. The molecule has 4 heteroatoms. The Labute approximate surface area is 126 Å². The third kappa shape index (κ3) is 6.95. The number of unbranched alkanes of at least 4 members (excludes halogenated alkanes) is 3. The molecule has 0 heterocycles. The maximum absolute atomic E-state index is 6.01. The number of aliphatic imine (C=N–C) groups is 1. The minimum absolute atomic E-state index is 0.0663. The Morgan fingerprint density at radius 2 is 2.00 bits per heavy atom. The summed E-state index contributed by atoms with van der Waals surface area (Å²) in [4.78, 5) is 4.37. The fourth-order valence-electron chi connectivity index (χ4n) is 1.83.